The number of Topliss-reactive ketones (excluding diaryl/α,β-unsaturated/α-hetero) is 1. The average Bonchev–Trinajstić information content (AvgIpc) is 3.49. The fraction of sp³-hybridized carbons (Fsp3) is 0.767. The van der Waals surface area contributed by atoms with Crippen molar-refractivity contribution >= 4 is 11.8 Å². The number of ketones is 1. The maximum absolute atomic E-state index is 14.3. The van der Waals surface area contributed by atoms with E-state index in [1.807, 2.05) is 26.0 Å². The van der Waals surface area contributed by atoms with Gasteiger partial charge in [0.2, 0.25) is 0 Å². The molecule has 5 fully saturated rings. The number of aliphatic hydroxyl groups excluding tert-OH is 1. The van der Waals surface area contributed by atoms with Crippen LogP contribution in [0.15, 0.2) is 47.1 Å². The van der Waals surface area contributed by atoms with Crippen LogP contribution in [-0.2, 0) is 42.7 Å². The summed E-state index contributed by atoms with van der Waals surface area (Å²) >= 11 is 0. The lowest BCUT2D eigenvalue weighted by atomic mass is 9.71. The Balaban J connectivity index is 1.24. The second kappa shape index (κ2) is 16.3. The molecule has 7 aliphatic rings. The minimum Gasteiger partial charge on any atom is -0.462 e. The first-order chi connectivity index (χ1) is 25.8. The van der Waals surface area contributed by atoms with Crippen LogP contribution in [0.5, 0.6) is 0 Å². The predicted molar refractivity (Wildman–Crippen MR) is 199 cm³/mol. The van der Waals surface area contributed by atoms with E-state index < -0.39 is 66.2 Å². The summed E-state index contributed by atoms with van der Waals surface area (Å²) in [5, 5.41) is 23.0. The Labute approximate surface area is 320 Å². The molecule has 11 nitrogen and oxygen atoms in total. The highest BCUT2D eigenvalue weighted by atomic mass is 16.7. The van der Waals surface area contributed by atoms with Crippen LogP contribution in [0.4, 0.5) is 0 Å². The van der Waals surface area contributed by atoms with E-state index in [2.05, 4.69) is 19.9 Å². The topological polar surface area (TPSA) is 139 Å². The number of hydrogen-bond acceptors (Lipinski definition) is 11. The molecule has 14 atom stereocenters. The van der Waals surface area contributed by atoms with Crippen molar-refractivity contribution in [3.8, 4) is 0 Å². The van der Waals surface area contributed by atoms with Crippen molar-refractivity contribution in [2.24, 2.45) is 23.7 Å². The summed E-state index contributed by atoms with van der Waals surface area (Å²) in [6, 6.07) is 0. The number of carbonyl (C=O) groups is 2. The molecule has 5 heterocycles. The van der Waals surface area contributed by atoms with Gasteiger partial charge in [-0.05, 0) is 75.0 Å². The Morgan fingerprint density at radius 3 is 2.52 bits per heavy atom. The zero-order valence-electron chi connectivity index (χ0n) is 32.9. The Kier molecular flexibility index (Phi) is 12.1. The fourth-order valence-electron chi connectivity index (χ4n) is 10.2. The summed E-state index contributed by atoms with van der Waals surface area (Å²) in [5.74, 6) is -2.22. The number of methoxy groups -OCH3 is 1. The minimum atomic E-state index is -1.89. The summed E-state index contributed by atoms with van der Waals surface area (Å²) in [7, 11) is 1.58. The number of rotatable bonds is 4. The highest BCUT2D eigenvalue weighted by Crippen LogP contribution is 2.48. The van der Waals surface area contributed by atoms with Crippen LogP contribution in [0.3, 0.4) is 0 Å². The summed E-state index contributed by atoms with van der Waals surface area (Å²) in [6.45, 7) is 9.86. The van der Waals surface area contributed by atoms with Crippen LogP contribution in [0.1, 0.15) is 105 Å². The largest absolute Gasteiger partial charge is 0.462 e. The zero-order valence-corrected chi connectivity index (χ0v) is 32.9. The van der Waals surface area contributed by atoms with Gasteiger partial charge >= 0.3 is 5.97 Å². The molecule has 0 aromatic rings. The molecule has 1 saturated carbocycles. The van der Waals surface area contributed by atoms with Gasteiger partial charge in [0.1, 0.15) is 23.7 Å². The second-order valence-electron chi connectivity index (χ2n) is 17.3. The molecule has 2 unspecified atom stereocenters. The van der Waals surface area contributed by atoms with Crippen molar-refractivity contribution in [3.05, 3.63) is 47.1 Å². The van der Waals surface area contributed by atoms with Crippen molar-refractivity contribution in [2.75, 3.05) is 13.7 Å². The van der Waals surface area contributed by atoms with Gasteiger partial charge < -0.3 is 43.4 Å². The maximum Gasteiger partial charge on any atom is 0.316 e. The van der Waals surface area contributed by atoms with Crippen molar-refractivity contribution in [1.29, 1.82) is 0 Å². The smallest absolute Gasteiger partial charge is 0.316 e. The summed E-state index contributed by atoms with van der Waals surface area (Å²) < 4.78 is 44.8. The Morgan fingerprint density at radius 2 is 1.76 bits per heavy atom. The molecule has 5 aliphatic heterocycles. The van der Waals surface area contributed by atoms with E-state index in [0.717, 1.165) is 24.8 Å². The molecule has 300 valence electrons. The number of carbonyl (C=O) groups excluding carboxylic acids is 2. The van der Waals surface area contributed by atoms with Gasteiger partial charge in [0.15, 0.2) is 24.0 Å². The number of hydrogen-bond donors (Lipinski definition) is 2. The summed E-state index contributed by atoms with van der Waals surface area (Å²) in [6.07, 6.45) is 14.1. The third-order valence-corrected chi connectivity index (χ3v) is 13.4. The van der Waals surface area contributed by atoms with E-state index >= 15 is 0 Å². The number of allylic oxidation sites excluding steroid dienone is 2. The van der Waals surface area contributed by atoms with E-state index in [1.54, 1.807) is 26.2 Å². The van der Waals surface area contributed by atoms with Crippen LogP contribution in [0.2, 0.25) is 0 Å². The lowest BCUT2D eigenvalue weighted by Gasteiger charge is -2.51. The Bertz CT molecular complexity index is 1510. The number of esters is 1. The minimum absolute atomic E-state index is 0.000948. The third-order valence-electron chi connectivity index (χ3n) is 13.4. The SMILES string of the molecule is CO[C@H]1C[C@H](O[C@@H]2/C(C)=C/C[C@@H]3CC(C[C@]4(CC[C@H](C)[C@@H](C5CCCCC5)O4)O3)OC(=O)C3C=C(C)C(=O)[C@H]4OC/C(=C\C=C\[C@@H]2C)[C@@]34O)O[C@@H](C)[C@@H]1O. The van der Waals surface area contributed by atoms with Crippen molar-refractivity contribution < 1.29 is 53.0 Å². The average molecular weight is 755 g/mol. The van der Waals surface area contributed by atoms with E-state index in [9.17, 15) is 19.8 Å². The first kappa shape index (κ1) is 40.0. The monoisotopic (exact) mass is 754 g/mol. The highest BCUT2D eigenvalue weighted by molar-refractivity contribution is 6.03. The third kappa shape index (κ3) is 7.86. The summed E-state index contributed by atoms with van der Waals surface area (Å²) in [4.78, 5) is 27.6. The molecule has 0 radical (unpaired) electrons. The van der Waals surface area contributed by atoms with Gasteiger partial charge in [-0.2, -0.15) is 0 Å². The molecule has 54 heavy (non-hydrogen) atoms. The van der Waals surface area contributed by atoms with Crippen LogP contribution in [0.25, 0.3) is 0 Å². The molecule has 0 aromatic heterocycles. The first-order valence-corrected chi connectivity index (χ1v) is 20.5. The molecule has 2 bridgehead atoms. The molecule has 11 heteroatoms. The second-order valence-corrected chi connectivity index (χ2v) is 17.3. The fourth-order valence-corrected chi connectivity index (χ4v) is 10.2. The van der Waals surface area contributed by atoms with Gasteiger partial charge in [0, 0.05) is 38.7 Å². The molecule has 0 amide bonds. The van der Waals surface area contributed by atoms with Gasteiger partial charge in [0.25, 0.3) is 0 Å². The number of fused-ring (bicyclic) bond motifs is 2. The van der Waals surface area contributed by atoms with E-state index in [4.69, 9.17) is 33.2 Å². The van der Waals surface area contributed by atoms with Gasteiger partial charge in [-0.25, -0.2) is 0 Å². The predicted octanol–water partition coefficient (Wildman–Crippen LogP) is 5.81. The van der Waals surface area contributed by atoms with Crippen LogP contribution >= 0.6 is 0 Å². The number of aliphatic hydroxyl groups is 2. The first-order valence-electron chi connectivity index (χ1n) is 20.5. The van der Waals surface area contributed by atoms with Gasteiger partial charge in [-0.3, -0.25) is 9.59 Å². The van der Waals surface area contributed by atoms with E-state index in [-0.39, 0.29) is 30.5 Å². The molecule has 7 rings (SSSR count). The molecule has 4 saturated heterocycles. The molecule has 1 spiro atoms. The van der Waals surface area contributed by atoms with Crippen LogP contribution < -0.4 is 0 Å². The lowest BCUT2D eigenvalue weighted by Crippen LogP contribution is -2.57. The quantitative estimate of drug-likeness (QED) is 0.266. The maximum atomic E-state index is 14.3. The molecule has 2 aliphatic carbocycles. The Hall–Kier alpha value is -2.22. The highest BCUT2D eigenvalue weighted by Gasteiger charge is 2.60. The van der Waals surface area contributed by atoms with Gasteiger partial charge in [-0.1, -0.05) is 63.5 Å². The summed E-state index contributed by atoms with van der Waals surface area (Å²) in [5.41, 5.74) is -0.0954. The number of ether oxygens (including phenoxy) is 7. The van der Waals surface area contributed by atoms with Gasteiger partial charge in [-0.15, -0.1) is 0 Å². The standard InChI is InChI=1S/C43H62O11/c1-24-11-10-14-30-23-49-40-36(44)27(4)19-33(43(30,40)47)41(46)51-32-20-31(16-15-25(2)38(24)52-35-21-34(48-6)37(45)28(5)50-35)53-42(22-32)18-17-26(3)39(54-42)29-12-8-7-9-13-29/h10-11,14-15,19,24,26,28-29,31-35,37-40,45,47H,7-9,12-13,16-18,20-23H2,1-6H3/b11-10+,25-15+,30-14+/t24-,26-,28-,31+,32?,33?,34-,35-,37-,38-,39-,40+,42+,43+/m0/s1. The van der Waals surface area contributed by atoms with Crippen molar-refractivity contribution in [1.82, 2.24) is 0 Å². The van der Waals surface area contributed by atoms with Crippen molar-refractivity contribution in [2.45, 2.75) is 172 Å². The zero-order chi connectivity index (χ0) is 38.4. The molecular weight excluding hydrogens is 692 g/mol. The van der Waals surface area contributed by atoms with Crippen LogP contribution in [-0.4, -0.2) is 102 Å². The van der Waals surface area contributed by atoms with Crippen LogP contribution in [0, 0.1) is 23.7 Å². The van der Waals surface area contributed by atoms with E-state index in [1.165, 1.54) is 19.3 Å². The van der Waals surface area contributed by atoms with E-state index in [0.29, 0.717) is 55.1 Å². The normalized spacial score (nSPS) is 47.8. The lowest BCUT2D eigenvalue weighted by molar-refractivity contribution is -0.342. The molecular formula is C43H62O11. The Morgan fingerprint density at radius 1 is 0.981 bits per heavy atom. The van der Waals surface area contributed by atoms with Gasteiger partial charge in [0.05, 0.1) is 37.1 Å². The van der Waals surface area contributed by atoms with Crippen molar-refractivity contribution in [3.63, 3.8) is 0 Å². The molecule has 0 aromatic carbocycles. The molecule has 2 N–H and O–H groups in total.